The van der Waals surface area contributed by atoms with E-state index in [0.717, 1.165) is 0 Å². The molecule has 0 saturated heterocycles. The van der Waals surface area contributed by atoms with E-state index in [-0.39, 0.29) is 11.6 Å². The first kappa shape index (κ1) is 25.8. The van der Waals surface area contributed by atoms with E-state index < -0.39 is 24.0 Å². The number of carbonyl (C=O) groups is 1. The number of rotatable bonds is 12. The molecule has 0 bridgehead atoms. The van der Waals surface area contributed by atoms with Crippen LogP contribution in [0.1, 0.15) is 93.9 Å². The first-order valence-electron chi connectivity index (χ1n) is 10.7. The molecule has 1 amide bonds. The van der Waals surface area contributed by atoms with Gasteiger partial charge >= 0.3 is 168 Å². The molecule has 0 atom stereocenters. The number of hydrogen-bond donors (Lipinski definition) is 1. The molecule has 0 heterocycles. The minimum atomic E-state index is -2.31. The van der Waals surface area contributed by atoms with Crippen molar-refractivity contribution in [1.29, 1.82) is 0 Å². The molecule has 154 valence electrons. The van der Waals surface area contributed by atoms with Gasteiger partial charge in [-0.2, -0.15) is 0 Å². The molecule has 26 heavy (non-hydrogen) atoms. The summed E-state index contributed by atoms with van der Waals surface area (Å²) in [5.41, 5.74) is -0.828. The van der Waals surface area contributed by atoms with Crippen molar-refractivity contribution in [2.24, 2.45) is 0 Å². The molecule has 0 aliphatic rings. The van der Waals surface area contributed by atoms with Crippen molar-refractivity contribution in [3.63, 3.8) is 0 Å². The van der Waals surface area contributed by atoms with Gasteiger partial charge in [-0.25, -0.2) is 0 Å². The molecule has 1 N–H and O–H groups in total. The zero-order valence-corrected chi connectivity index (χ0v) is 21.7. The molecule has 0 spiro atoms. The Labute approximate surface area is 167 Å². The summed E-state index contributed by atoms with van der Waals surface area (Å²) in [4.78, 5) is 12.2. The monoisotopic (exact) mass is 475 g/mol. The number of amides is 1. The summed E-state index contributed by atoms with van der Waals surface area (Å²) in [6, 6.07) is 0. The number of ether oxygens (including phenoxy) is 1. The molecule has 0 aromatic heterocycles. The van der Waals surface area contributed by atoms with Gasteiger partial charge in [-0.05, 0) is 0 Å². The van der Waals surface area contributed by atoms with E-state index in [9.17, 15) is 4.79 Å². The molecular formula is C22H45NO2Sn. The molecule has 0 aromatic carbocycles. The van der Waals surface area contributed by atoms with Crippen molar-refractivity contribution in [3.05, 3.63) is 10.2 Å². The topological polar surface area (TPSA) is 38.3 Å². The fourth-order valence-electron chi connectivity index (χ4n) is 3.20. The number of hydrogen-bond acceptors (Lipinski definition) is 2. The average Bonchev–Trinajstić information content (AvgIpc) is 2.51. The second-order valence-electron chi connectivity index (χ2n) is 9.35. The third-order valence-corrected chi connectivity index (χ3v) is 18.8. The number of nitrogens with one attached hydrogen (secondary N) is 1. The van der Waals surface area contributed by atoms with Crippen LogP contribution in [0, 0.1) is 0 Å². The molecule has 3 nitrogen and oxygen atoms in total. The second-order valence-corrected chi connectivity index (χ2v) is 22.4. The van der Waals surface area contributed by atoms with Gasteiger partial charge in [-0.3, -0.25) is 0 Å². The van der Waals surface area contributed by atoms with Gasteiger partial charge in [-0.1, -0.05) is 0 Å². The van der Waals surface area contributed by atoms with Crippen LogP contribution in [0.2, 0.25) is 13.3 Å². The van der Waals surface area contributed by atoms with E-state index in [0.29, 0.717) is 0 Å². The molecular weight excluding hydrogens is 429 g/mol. The summed E-state index contributed by atoms with van der Waals surface area (Å²) in [5.74, 6) is 0. The van der Waals surface area contributed by atoms with E-state index in [1.54, 1.807) is 0 Å². The van der Waals surface area contributed by atoms with E-state index >= 15 is 0 Å². The Balaban J connectivity index is 5.24. The van der Waals surface area contributed by atoms with Crippen molar-refractivity contribution in [1.82, 2.24) is 5.32 Å². The maximum atomic E-state index is 12.2. The molecule has 0 radical (unpaired) electrons. The molecule has 0 saturated carbocycles. The van der Waals surface area contributed by atoms with Gasteiger partial charge in [0, 0.05) is 0 Å². The summed E-state index contributed by atoms with van der Waals surface area (Å²) < 4.78 is 12.4. The average molecular weight is 474 g/mol. The standard InChI is InChI=1S/C10H18NO2.3C4H9.Sn/c1-7-10(5,6)11-8(12)13-9(2,3)4;3*1-3-4-2;/h1,7H,2-6H3,(H,11,12);3*1,3-4H2,2H3;. The Kier molecular flexibility index (Phi) is 12.2. The summed E-state index contributed by atoms with van der Waals surface area (Å²) >= 11 is -2.31. The van der Waals surface area contributed by atoms with E-state index in [4.69, 9.17) is 4.74 Å². The first-order chi connectivity index (χ1) is 12.0. The Morgan fingerprint density at radius 1 is 0.885 bits per heavy atom. The fraction of sp³-hybridized carbons (Fsp3) is 0.864. The van der Waals surface area contributed by atoms with Crippen LogP contribution >= 0.6 is 0 Å². The number of carbonyl (C=O) groups excluding carboxylic acids is 1. The van der Waals surface area contributed by atoms with Gasteiger partial charge in [0.05, 0.1) is 0 Å². The van der Waals surface area contributed by atoms with Gasteiger partial charge in [0.2, 0.25) is 0 Å². The molecule has 0 aromatic rings. The van der Waals surface area contributed by atoms with Gasteiger partial charge in [0.25, 0.3) is 0 Å². The van der Waals surface area contributed by atoms with Crippen LogP contribution in [0.15, 0.2) is 10.2 Å². The molecule has 0 rings (SSSR count). The van der Waals surface area contributed by atoms with E-state index in [1.165, 1.54) is 51.8 Å². The van der Waals surface area contributed by atoms with Crippen LogP contribution in [0.4, 0.5) is 4.79 Å². The molecule has 0 aliphatic carbocycles. The van der Waals surface area contributed by atoms with Crippen molar-refractivity contribution < 1.29 is 9.53 Å². The number of alkyl carbamates (subject to hydrolysis) is 1. The zero-order valence-electron chi connectivity index (χ0n) is 18.8. The summed E-state index contributed by atoms with van der Waals surface area (Å²) in [6.45, 7) is 16.7. The normalized spacial score (nSPS) is 13.2. The third kappa shape index (κ3) is 12.2. The van der Waals surface area contributed by atoms with Crippen LogP contribution in [-0.4, -0.2) is 35.6 Å². The second kappa shape index (κ2) is 12.3. The van der Waals surface area contributed by atoms with Crippen LogP contribution in [0.5, 0.6) is 0 Å². The molecule has 0 fully saturated rings. The van der Waals surface area contributed by atoms with Crippen LogP contribution in [-0.2, 0) is 4.74 Å². The molecule has 4 heteroatoms. The first-order valence-corrected chi connectivity index (χ1v) is 18.4. The van der Waals surface area contributed by atoms with Crippen molar-refractivity contribution in [2.75, 3.05) is 0 Å². The fourth-order valence-corrected chi connectivity index (χ4v) is 18.0. The zero-order chi connectivity index (χ0) is 20.3. The maximum absolute atomic E-state index is 12.2. The van der Waals surface area contributed by atoms with Crippen molar-refractivity contribution in [3.8, 4) is 0 Å². The predicted molar refractivity (Wildman–Crippen MR) is 117 cm³/mol. The van der Waals surface area contributed by atoms with Gasteiger partial charge in [0.1, 0.15) is 0 Å². The summed E-state index contributed by atoms with van der Waals surface area (Å²) in [6.07, 6.45) is 9.87. The van der Waals surface area contributed by atoms with E-state index in [2.05, 4.69) is 50.1 Å². The quantitative estimate of drug-likeness (QED) is 0.303. The van der Waals surface area contributed by atoms with Crippen molar-refractivity contribution in [2.45, 2.75) is 118 Å². The Morgan fingerprint density at radius 2 is 1.31 bits per heavy atom. The molecule has 0 unspecified atom stereocenters. The molecule has 0 aliphatic heterocycles. The Bertz CT molecular complexity index is 403. The summed E-state index contributed by atoms with van der Waals surface area (Å²) in [5, 5.41) is 3.04. The van der Waals surface area contributed by atoms with Crippen LogP contribution in [0.25, 0.3) is 0 Å². The van der Waals surface area contributed by atoms with Gasteiger partial charge < -0.3 is 0 Å². The van der Waals surface area contributed by atoms with Crippen molar-refractivity contribution >= 4 is 24.5 Å². The Hall–Kier alpha value is -0.191. The van der Waals surface area contributed by atoms with Crippen LogP contribution < -0.4 is 5.32 Å². The van der Waals surface area contributed by atoms with Gasteiger partial charge in [0.15, 0.2) is 0 Å². The van der Waals surface area contributed by atoms with Crippen LogP contribution in [0.3, 0.4) is 0 Å². The summed E-state index contributed by atoms with van der Waals surface area (Å²) in [7, 11) is 0. The predicted octanol–water partition coefficient (Wildman–Crippen LogP) is 7.23. The van der Waals surface area contributed by atoms with E-state index in [1.807, 2.05) is 20.8 Å². The Morgan fingerprint density at radius 3 is 1.65 bits per heavy atom. The van der Waals surface area contributed by atoms with Gasteiger partial charge in [-0.15, -0.1) is 0 Å². The third-order valence-electron chi connectivity index (χ3n) is 4.76. The SMILES string of the molecule is CCC[CH2][Sn](/[CH]=C/C(C)(C)NC(=O)OC(C)(C)C)([CH2]CCC)[CH2]CCC. The number of unbranched alkanes of at least 4 members (excludes halogenated alkanes) is 3. The minimum absolute atomic E-state index is 0.330.